The highest BCUT2D eigenvalue weighted by Crippen LogP contribution is 2.32. The van der Waals surface area contributed by atoms with Crippen molar-refractivity contribution < 1.29 is 4.39 Å². The molecule has 0 saturated heterocycles. The number of thiophene rings is 1. The van der Waals surface area contributed by atoms with E-state index < -0.39 is 0 Å². The van der Waals surface area contributed by atoms with E-state index in [0.717, 1.165) is 14.3 Å². The fourth-order valence-corrected chi connectivity index (χ4v) is 2.93. The first-order chi connectivity index (χ1) is 6.22. The van der Waals surface area contributed by atoms with Gasteiger partial charge in [0.05, 0.1) is 10.1 Å². The van der Waals surface area contributed by atoms with Crippen LogP contribution in [-0.4, -0.2) is 0 Å². The van der Waals surface area contributed by atoms with Crippen LogP contribution >= 0.6 is 35.6 Å². The van der Waals surface area contributed by atoms with E-state index in [1.165, 1.54) is 17.4 Å². The van der Waals surface area contributed by atoms with Crippen molar-refractivity contribution in [3.05, 3.63) is 29.6 Å². The summed E-state index contributed by atoms with van der Waals surface area (Å²) in [5.41, 5.74) is 0.574. The zero-order valence-electron chi connectivity index (χ0n) is 6.55. The largest absolute Gasteiger partial charge is 0.207 e. The van der Waals surface area contributed by atoms with Crippen molar-refractivity contribution in [1.82, 2.24) is 0 Å². The van der Waals surface area contributed by atoms with Crippen LogP contribution in [0.5, 0.6) is 0 Å². The van der Waals surface area contributed by atoms with Gasteiger partial charge in [0.15, 0.2) is 0 Å². The molecule has 0 fully saturated rings. The summed E-state index contributed by atoms with van der Waals surface area (Å²) in [4.78, 5) is 0. The standard InChI is InChI=1S/C9H6ClFS2/c10-4-6-7(11)2-1-5-3-8(12)13-9(5)6/h1-3,12H,4H2. The van der Waals surface area contributed by atoms with E-state index in [9.17, 15) is 4.39 Å². The third-order valence-corrected chi connectivity index (χ3v) is 3.54. The number of hydrogen-bond acceptors (Lipinski definition) is 2. The number of fused-ring (bicyclic) bond motifs is 1. The molecule has 0 nitrogen and oxygen atoms in total. The van der Waals surface area contributed by atoms with Gasteiger partial charge in [-0.05, 0) is 17.5 Å². The fourth-order valence-electron chi connectivity index (χ4n) is 1.25. The molecule has 0 amide bonds. The first kappa shape index (κ1) is 9.31. The minimum atomic E-state index is -0.238. The Bertz CT molecular complexity index is 450. The molecule has 0 aliphatic heterocycles. The molecule has 1 heterocycles. The lowest BCUT2D eigenvalue weighted by Gasteiger charge is -1.98. The Kier molecular flexibility index (Phi) is 2.49. The summed E-state index contributed by atoms with van der Waals surface area (Å²) in [6.07, 6.45) is 0. The molecule has 0 saturated carbocycles. The molecular formula is C9H6ClFS2. The molecule has 0 spiro atoms. The van der Waals surface area contributed by atoms with Gasteiger partial charge in [-0.1, -0.05) is 6.07 Å². The second kappa shape index (κ2) is 3.48. The first-order valence-electron chi connectivity index (χ1n) is 3.68. The third-order valence-electron chi connectivity index (χ3n) is 1.85. The lowest BCUT2D eigenvalue weighted by atomic mass is 10.2. The first-order valence-corrected chi connectivity index (χ1v) is 5.48. The molecule has 0 N–H and O–H groups in total. The summed E-state index contributed by atoms with van der Waals surface area (Å²) in [5, 5.41) is 1.01. The van der Waals surface area contributed by atoms with Crippen molar-refractivity contribution >= 4 is 45.7 Å². The number of thiol groups is 1. The quantitative estimate of drug-likeness (QED) is 0.556. The van der Waals surface area contributed by atoms with Gasteiger partial charge in [-0.2, -0.15) is 0 Å². The Labute approximate surface area is 89.7 Å². The van der Waals surface area contributed by atoms with Crippen molar-refractivity contribution in [2.75, 3.05) is 0 Å². The van der Waals surface area contributed by atoms with Crippen LogP contribution in [0.25, 0.3) is 10.1 Å². The molecule has 68 valence electrons. The van der Waals surface area contributed by atoms with Crippen LogP contribution < -0.4 is 0 Å². The van der Waals surface area contributed by atoms with Gasteiger partial charge in [0.1, 0.15) is 5.82 Å². The topological polar surface area (TPSA) is 0 Å². The van der Waals surface area contributed by atoms with E-state index in [1.54, 1.807) is 6.07 Å². The predicted molar refractivity (Wildman–Crippen MR) is 58.6 cm³/mol. The second-order valence-electron chi connectivity index (χ2n) is 2.66. The average molecular weight is 233 g/mol. The molecule has 0 unspecified atom stereocenters. The maximum absolute atomic E-state index is 13.2. The van der Waals surface area contributed by atoms with E-state index in [4.69, 9.17) is 11.6 Å². The van der Waals surface area contributed by atoms with E-state index in [0.29, 0.717) is 5.56 Å². The Hall–Kier alpha value is -0.250. The van der Waals surface area contributed by atoms with Gasteiger partial charge in [-0.3, -0.25) is 0 Å². The van der Waals surface area contributed by atoms with Crippen molar-refractivity contribution in [3.63, 3.8) is 0 Å². The predicted octanol–water partition coefficient (Wildman–Crippen LogP) is 4.07. The molecule has 0 bridgehead atoms. The van der Waals surface area contributed by atoms with Gasteiger partial charge in [0.2, 0.25) is 0 Å². The molecule has 0 aliphatic rings. The maximum Gasteiger partial charge on any atom is 0.129 e. The highest BCUT2D eigenvalue weighted by molar-refractivity contribution is 7.83. The summed E-state index contributed by atoms with van der Waals surface area (Å²) < 4.78 is 15.0. The van der Waals surface area contributed by atoms with E-state index >= 15 is 0 Å². The highest BCUT2D eigenvalue weighted by Gasteiger charge is 2.08. The van der Waals surface area contributed by atoms with Gasteiger partial charge >= 0.3 is 0 Å². The zero-order chi connectivity index (χ0) is 9.42. The van der Waals surface area contributed by atoms with Crippen LogP contribution in [-0.2, 0) is 5.88 Å². The van der Waals surface area contributed by atoms with Crippen LogP contribution in [0.15, 0.2) is 22.4 Å². The number of hydrogen-bond donors (Lipinski definition) is 1. The average Bonchev–Trinajstić information content (AvgIpc) is 2.45. The van der Waals surface area contributed by atoms with E-state index in [-0.39, 0.29) is 11.7 Å². The molecular weight excluding hydrogens is 227 g/mol. The molecule has 2 rings (SSSR count). The molecule has 1 aromatic heterocycles. The van der Waals surface area contributed by atoms with E-state index in [2.05, 4.69) is 12.6 Å². The lowest BCUT2D eigenvalue weighted by molar-refractivity contribution is 0.620. The van der Waals surface area contributed by atoms with Crippen molar-refractivity contribution in [2.45, 2.75) is 10.1 Å². The molecule has 2 aromatic rings. The fraction of sp³-hybridized carbons (Fsp3) is 0.111. The molecule has 0 aliphatic carbocycles. The molecule has 13 heavy (non-hydrogen) atoms. The van der Waals surface area contributed by atoms with Gasteiger partial charge in [0, 0.05) is 10.3 Å². The summed E-state index contributed by atoms with van der Waals surface area (Å²) >= 11 is 11.3. The third kappa shape index (κ3) is 1.56. The van der Waals surface area contributed by atoms with Crippen LogP contribution in [0, 0.1) is 5.82 Å². The Morgan fingerprint density at radius 1 is 1.46 bits per heavy atom. The van der Waals surface area contributed by atoms with Crippen molar-refractivity contribution in [3.8, 4) is 0 Å². The minimum Gasteiger partial charge on any atom is -0.207 e. The monoisotopic (exact) mass is 232 g/mol. The van der Waals surface area contributed by atoms with Gasteiger partial charge in [0.25, 0.3) is 0 Å². The van der Waals surface area contributed by atoms with Crippen LogP contribution in [0.3, 0.4) is 0 Å². The van der Waals surface area contributed by atoms with Crippen molar-refractivity contribution in [2.24, 2.45) is 0 Å². The van der Waals surface area contributed by atoms with E-state index in [1.807, 2.05) is 6.07 Å². The van der Waals surface area contributed by atoms with Gasteiger partial charge < -0.3 is 0 Å². The maximum atomic E-state index is 13.2. The Morgan fingerprint density at radius 2 is 2.23 bits per heavy atom. The zero-order valence-corrected chi connectivity index (χ0v) is 9.02. The minimum absolute atomic E-state index is 0.205. The number of halogens is 2. The summed E-state index contributed by atoms with van der Waals surface area (Å²) in [6.45, 7) is 0. The Morgan fingerprint density at radius 3 is 2.92 bits per heavy atom. The van der Waals surface area contributed by atoms with Gasteiger partial charge in [-0.15, -0.1) is 35.6 Å². The number of rotatable bonds is 1. The lowest BCUT2D eigenvalue weighted by Crippen LogP contribution is -1.84. The molecule has 0 atom stereocenters. The highest BCUT2D eigenvalue weighted by atomic mass is 35.5. The Balaban J connectivity index is 2.82. The molecule has 0 radical (unpaired) electrons. The summed E-state index contributed by atoms with van der Waals surface area (Å²) in [7, 11) is 0. The number of alkyl halides is 1. The van der Waals surface area contributed by atoms with Crippen molar-refractivity contribution in [1.29, 1.82) is 0 Å². The SMILES string of the molecule is Fc1ccc2cc(S)sc2c1CCl. The van der Waals surface area contributed by atoms with Crippen LogP contribution in [0.4, 0.5) is 4.39 Å². The smallest absolute Gasteiger partial charge is 0.129 e. The molecule has 4 heteroatoms. The van der Waals surface area contributed by atoms with Crippen LogP contribution in [0.1, 0.15) is 5.56 Å². The van der Waals surface area contributed by atoms with Crippen LogP contribution in [0.2, 0.25) is 0 Å². The summed E-state index contributed by atoms with van der Waals surface area (Å²) in [5.74, 6) is -0.0330. The summed E-state index contributed by atoms with van der Waals surface area (Å²) in [6, 6.07) is 5.11. The number of benzene rings is 1. The normalized spacial score (nSPS) is 11.0. The van der Waals surface area contributed by atoms with Gasteiger partial charge in [-0.25, -0.2) is 4.39 Å². The molecule has 1 aromatic carbocycles. The second-order valence-corrected chi connectivity index (χ2v) is 4.77.